The van der Waals surface area contributed by atoms with Gasteiger partial charge in [-0.2, -0.15) is 22.0 Å². The largest absolute Gasteiger partial charge is 0.477 e. The number of carboxylic acids is 1. The van der Waals surface area contributed by atoms with E-state index in [1.807, 2.05) is 0 Å². The summed E-state index contributed by atoms with van der Waals surface area (Å²) in [5, 5.41) is 8.54. The Bertz CT molecular complexity index is 727. The molecule has 0 saturated heterocycles. The predicted octanol–water partition coefficient (Wildman–Crippen LogP) is 3.74. The molecule has 0 aliphatic rings. The number of alkyl halides is 5. The standard InChI is InChI=1S/C12H7F5N2O2S/c13-11(14,12(15,16)17)8-7(10(20)21)22-9(19-8)5-3-1-2-4-6(5)18/h1-4H,18H2,(H,20,21). The molecular formula is C12H7F5N2O2S. The van der Waals surface area contributed by atoms with Crippen LogP contribution in [0.3, 0.4) is 0 Å². The van der Waals surface area contributed by atoms with Gasteiger partial charge in [0.15, 0.2) is 0 Å². The summed E-state index contributed by atoms with van der Waals surface area (Å²) in [4.78, 5) is 13.0. The molecule has 0 aliphatic carbocycles. The minimum Gasteiger partial charge on any atom is -0.477 e. The number of halogens is 5. The summed E-state index contributed by atoms with van der Waals surface area (Å²) in [6.07, 6.45) is -5.95. The topological polar surface area (TPSA) is 76.2 Å². The highest BCUT2D eigenvalue weighted by Gasteiger charge is 2.62. The summed E-state index contributed by atoms with van der Waals surface area (Å²) in [6.45, 7) is 0. The maximum atomic E-state index is 13.4. The molecular weight excluding hydrogens is 331 g/mol. The van der Waals surface area contributed by atoms with Crippen LogP contribution in [-0.4, -0.2) is 22.2 Å². The summed E-state index contributed by atoms with van der Waals surface area (Å²) < 4.78 is 64.2. The number of nitrogens with zero attached hydrogens (tertiary/aromatic N) is 1. The molecule has 1 heterocycles. The molecule has 0 aliphatic heterocycles. The monoisotopic (exact) mass is 338 g/mol. The van der Waals surface area contributed by atoms with Crippen molar-refractivity contribution in [2.75, 3.05) is 5.73 Å². The molecule has 0 unspecified atom stereocenters. The summed E-state index contributed by atoms with van der Waals surface area (Å²) in [7, 11) is 0. The van der Waals surface area contributed by atoms with Crippen LogP contribution in [0.4, 0.5) is 27.6 Å². The lowest BCUT2D eigenvalue weighted by atomic mass is 10.2. The number of nitrogen functional groups attached to an aromatic ring is 1. The average molecular weight is 338 g/mol. The number of aromatic nitrogens is 1. The molecule has 2 rings (SSSR count). The Morgan fingerprint density at radius 3 is 2.27 bits per heavy atom. The number of aromatic carboxylic acids is 1. The molecule has 10 heteroatoms. The van der Waals surface area contributed by atoms with Crippen LogP contribution in [0.2, 0.25) is 0 Å². The second-order valence-electron chi connectivity index (χ2n) is 4.16. The molecule has 1 aromatic heterocycles. The molecule has 0 radical (unpaired) electrons. The second kappa shape index (κ2) is 5.20. The lowest BCUT2D eigenvalue weighted by molar-refractivity contribution is -0.290. The van der Waals surface area contributed by atoms with E-state index in [0.29, 0.717) is 0 Å². The Morgan fingerprint density at radius 1 is 1.18 bits per heavy atom. The van der Waals surface area contributed by atoms with Gasteiger partial charge in [-0.1, -0.05) is 12.1 Å². The van der Waals surface area contributed by atoms with Crippen molar-refractivity contribution in [2.45, 2.75) is 12.1 Å². The number of anilines is 1. The molecule has 0 atom stereocenters. The zero-order chi connectivity index (χ0) is 16.7. The second-order valence-corrected chi connectivity index (χ2v) is 5.16. The van der Waals surface area contributed by atoms with Crippen LogP contribution < -0.4 is 5.73 Å². The van der Waals surface area contributed by atoms with Gasteiger partial charge < -0.3 is 10.8 Å². The summed E-state index contributed by atoms with van der Waals surface area (Å²) in [5.74, 6) is -7.30. The van der Waals surface area contributed by atoms with Gasteiger partial charge in [0, 0.05) is 11.3 Å². The highest BCUT2D eigenvalue weighted by atomic mass is 32.1. The smallest absolute Gasteiger partial charge is 0.459 e. The number of para-hydroxylation sites is 1. The van der Waals surface area contributed by atoms with Gasteiger partial charge >= 0.3 is 18.1 Å². The van der Waals surface area contributed by atoms with Crippen LogP contribution >= 0.6 is 11.3 Å². The zero-order valence-electron chi connectivity index (χ0n) is 10.5. The molecule has 0 bridgehead atoms. The molecule has 118 valence electrons. The number of thiazole rings is 1. The van der Waals surface area contributed by atoms with Crippen LogP contribution in [0.15, 0.2) is 24.3 Å². The first-order valence-electron chi connectivity index (χ1n) is 5.59. The maximum absolute atomic E-state index is 13.4. The molecule has 0 amide bonds. The van der Waals surface area contributed by atoms with E-state index in [-0.39, 0.29) is 27.6 Å². The van der Waals surface area contributed by atoms with Crippen molar-refractivity contribution in [3.63, 3.8) is 0 Å². The molecule has 0 saturated carbocycles. The third kappa shape index (κ3) is 2.61. The number of carbonyl (C=O) groups is 1. The fourth-order valence-electron chi connectivity index (χ4n) is 1.62. The fraction of sp³-hybridized carbons (Fsp3) is 0.167. The van der Waals surface area contributed by atoms with Crippen molar-refractivity contribution in [3.8, 4) is 10.6 Å². The first kappa shape index (κ1) is 16.1. The number of benzene rings is 1. The fourth-order valence-corrected chi connectivity index (χ4v) is 2.60. The lowest BCUT2D eigenvalue weighted by Crippen LogP contribution is -2.35. The number of nitrogens with two attached hydrogens (primary N) is 1. The average Bonchev–Trinajstić information content (AvgIpc) is 2.83. The van der Waals surface area contributed by atoms with E-state index < -0.39 is 28.6 Å². The van der Waals surface area contributed by atoms with E-state index in [1.54, 1.807) is 0 Å². The zero-order valence-corrected chi connectivity index (χ0v) is 11.3. The van der Waals surface area contributed by atoms with Crippen molar-refractivity contribution in [1.29, 1.82) is 0 Å². The number of hydrogen-bond donors (Lipinski definition) is 2. The van der Waals surface area contributed by atoms with Crippen LogP contribution in [0.5, 0.6) is 0 Å². The normalized spacial score (nSPS) is 12.4. The SMILES string of the molecule is Nc1ccccc1-c1nc(C(F)(F)C(F)(F)F)c(C(=O)O)s1. The van der Waals surface area contributed by atoms with Gasteiger partial charge in [0.2, 0.25) is 0 Å². The van der Waals surface area contributed by atoms with Gasteiger partial charge in [0.1, 0.15) is 15.6 Å². The summed E-state index contributed by atoms with van der Waals surface area (Å²) in [6, 6.07) is 5.72. The van der Waals surface area contributed by atoms with E-state index >= 15 is 0 Å². The van der Waals surface area contributed by atoms with E-state index in [4.69, 9.17) is 10.8 Å². The highest BCUT2D eigenvalue weighted by Crippen LogP contribution is 2.47. The minimum absolute atomic E-state index is 0.0788. The lowest BCUT2D eigenvalue weighted by Gasteiger charge is -2.17. The van der Waals surface area contributed by atoms with Gasteiger partial charge in [-0.05, 0) is 12.1 Å². The highest BCUT2D eigenvalue weighted by molar-refractivity contribution is 7.17. The summed E-state index contributed by atoms with van der Waals surface area (Å²) >= 11 is 0.207. The van der Waals surface area contributed by atoms with Gasteiger partial charge in [-0.25, -0.2) is 9.78 Å². The molecule has 0 spiro atoms. The maximum Gasteiger partial charge on any atom is 0.459 e. The number of rotatable bonds is 3. The predicted molar refractivity (Wildman–Crippen MR) is 68.9 cm³/mol. The Morgan fingerprint density at radius 2 is 1.77 bits per heavy atom. The molecule has 0 fully saturated rings. The summed E-state index contributed by atoms with van der Waals surface area (Å²) in [5.41, 5.74) is 3.92. The third-order valence-electron chi connectivity index (χ3n) is 2.67. The van der Waals surface area contributed by atoms with Crippen LogP contribution in [0.25, 0.3) is 10.6 Å². The quantitative estimate of drug-likeness (QED) is 0.660. The molecule has 1 aromatic carbocycles. The minimum atomic E-state index is -5.95. The van der Waals surface area contributed by atoms with Crippen molar-refractivity contribution in [1.82, 2.24) is 4.98 Å². The van der Waals surface area contributed by atoms with Gasteiger partial charge in [-0.3, -0.25) is 0 Å². The molecule has 3 N–H and O–H groups in total. The van der Waals surface area contributed by atoms with Crippen LogP contribution in [0.1, 0.15) is 15.4 Å². The van der Waals surface area contributed by atoms with E-state index in [2.05, 4.69) is 4.98 Å². The van der Waals surface area contributed by atoms with E-state index in [1.165, 1.54) is 24.3 Å². The molecule has 2 aromatic rings. The van der Waals surface area contributed by atoms with Crippen molar-refractivity contribution in [2.24, 2.45) is 0 Å². The third-order valence-corrected chi connectivity index (χ3v) is 3.74. The van der Waals surface area contributed by atoms with Gasteiger partial charge in [0.25, 0.3) is 0 Å². The van der Waals surface area contributed by atoms with Crippen molar-refractivity contribution < 1.29 is 31.9 Å². The Kier molecular flexibility index (Phi) is 3.81. The van der Waals surface area contributed by atoms with Crippen LogP contribution in [0, 0.1) is 0 Å². The van der Waals surface area contributed by atoms with Crippen molar-refractivity contribution >= 4 is 23.0 Å². The number of carboxylic acid groups (broad SMARTS) is 1. The first-order valence-corrected chi connectivity index (χ1v) is 6.41. The van der Waals surface area contributed by atoms with Gasteiger partial charge in [0.05, 0.1) is 0 Å². The molecule has 4 nitrogen and oxygen atoms in total. The number of hydrogen-bond acceptors (Lipinski definition) is 4. The Hall–Kier alpha value is -2.23. The Labute approximate surface area is 124 Å². The van der Waals surface area contributed by atoms with Crippen LogP contribution in [-0.2, 0) is 5.92 Å². The Balaban J connectivity index is 2.67. The van der Waals surface area contributed by atoms with E-state index in [0.717, 1.165) is 0 Å². The van der Waals surface area contributed by atoms with E-state index in [9.17, 15) is 26.7 Å². The molecule has 22 heavy (non-hydrogen) atoms. The van der Waals surface area contributed by atoms with Gasteiger partial charge in [-0.15, -0.1) is 11.3 Å². The first-order chi connectivity index (χ1) is 10.1. The van der Waals surface area contributed by atoms with Crippen molar-refractivity contribution in [3.05, 3.63) is 34.8 Å².